The van der Waals surface area contributed by atoms with E-state index in [0.29, 0.717) is 0 Å². The Morgan fingerprint density at radius 3 is 1.24 bits per heavy atom. The van der Waals surface area contributed by atoms with Gasteiger partial charge in [0, 0.05) is 0 Å². The number of fused-ring (bicyclic) bond motifs is 12. The minimum Gasteiger partial charge on any atom is -0.0622 e. The van der Waals surface area contributed by atoms with Crippen LogP contribution in [-0.4, -0.2) is 0 Å². The van der Waals surface area contributed by atoms with Crippen LogP contribution in [-0.2, 0) is 5.41 Å². The average molecular weight is 847 g/mol. The van der Waals surface area contributed by atoms with E-state index < -0.39 is 5.41 Å². The summed E-state index contributed by atoms with van der Waals surface area (Å²) in [5, 5.41) is 15.2. The standard InChI is InChI=1S/C67H42/c1-3-19-51(20-4-1)67(52-21-5-2-6-22-52)62-42-50-40-49(38-37-48(50)41-61(62)65-55-25-11-9-23-53(55)54-24-10-16-30-60(54)66(65)67)64-58-28-14-12-26-56(58)63(57-27-13-15-29-59(57)64)45-34-31-44(32-35-45)47-36-33-43-17-7-8-18-46(43)39-47/h1-42H. The molecule has 0 spiro atoms. The molecule has 310 valence electrons. The predicted molar refractivity (Wildman–Crippen MR) is 285 cm³/mol. The fraction of sp³-hybridized carbons (Fsp3) is 0.0149. The normalized spacial score (nSPS) is 12.9. The molecular formula is C67H42. The first-order valence-electron chi connectivity index (χ1n) is 23.4. The molecule has 0 saturated heterocycles. The second-order valence-corrected chi connectivity index (χ2v) is 18.3. The van der Waals surface area contributed by atoms with Crippen LogP contribution in [0.3, 0.4) is 0 Å². The van der Waals surface area contributed by atoms with Crippen LogP contribution in [0.1, 0.15) is 22.3 Å². The molecule has 0 amide bonds. The minimum atomic E-state index is -0.564. The zero-order valence-electron chi connectivity index (χ0n) is 36.7. The Labute approximate surface area is 389 Å². The van der Waals surface area contributed by atoms with Crippen molar-refractivity contribution in [2.45, 2.75) is 5.41 Å². The summed E-state index contributed by atoms with van der Waals surface area (Å²) in [4.78, 5) is 0. The molecule has 1 aliphatic carbocycles. The van der Waals surface area contributed by atoms with Gasteiger partial charge in [0.2, 0.25) is 0 Å². The number of benzene rings is 13. The van der Waals surface area contributed by atoms with E-state index in [1.807, 2.05) is 0 Å². The van der Waals surface area contributed by atoms with Gasteiger partial charge in [-0.15, -0.1) is 0 Å². The van der Waals surface area contributed by atoms with E-state index in [-0.39, 0.29) is 0 Å². The largest absolute Gasteiger partial charge is 0.0720 e. The van der Waals surface area contributed by atoms with Crippen molar-refractivity contribution in [3.05, 3.63) is 277 Å². The van der Waals surface area contributed by atoms with Crippen molar-refractivity contribution in [3.8, 4) is 44.5 Å². The smallest absolute Gasteiger partial charge is 0.0622 e. The molecule has 0 radical (unpaired) electrons. The molecule has 0 heteroatoms. The minimum absolute atomic E-state index is 0.564. The lowest BCUT2D eigenvalue weighted by molar-refractivity contribution is 0.777. The van der Waals surface area contributed by atoms with Gasteiger partial charge in [0.1, 0.15) is 0 Å². The average Bonchev–Trinajstić information content (AvgIpc) is 3.70. The summed E-state index contributed by atoms with van der Waals surface area (Å²) in [6, 6.07) is 95.4. The summed E-state index contributed by atoms with van der Waals surface area (Å²) in [6.45, 7) is 0. The zero-order valence-corrected chi connectivity index (χ0v) is 36.7. The monoisotopic (exact) mass is 846 g/mol. The second kappa shape index (κ2) is 14.7. The molecule has 14 rings (SSSR count). The van der Waals surface area contributed by atoms with Crippen LogP contribution >= 0.6 is 0 Å². The molecule has 13 aromatic rings. The van der Waals surface area contributed by atoms with Gasteiger partial charge in [-0.2, -0.15) is 0 Å². The van der Waals surface area contributed by atoms with Gasteiger partial charge in [-0.1, -0.05) is 231 Å². The molecule has 0 unspecified atom stereocenters. The van der Waals surface area contributed by atoms with Gasteiger partial charge in [-0.25, -0.2) is 0 Å². The van der Waals surface area contributed by atoms with Crippen molar-refractivity contribution < 1.29 is 0 Å². The summed E-state index contributed by atoms with van der Waals surface area (Å²) < 4.78 is 0. The van der Waals surface area contributed by atoms with Gasteiger partial charge in [0.15, 0.2) is 0 Å². The maximum Gasteiger partial charge on any atom is 0.0720 e. The Bertz CT molecular complexity index is 4030. The lowest BCUT2D eigenvalue weighted by Crippen LogP contribution is -2.28. The predicted octanol–water partition coefficient (Wildman–Crippen LogP) is 18.0. The van der Waals surface area contributed by atoms with Gasteiger partial charge >= 0.3 is 0 Å². The molecular weight excluding hydrogens is 805 g/mol. The maximum atomic E-state index is 2.54. The van der Waals surface area contributed by atoms with Gasteiger partial charge < -0.3 is 0 Å². The third kappa shape index (κ3) is 5.54. The molecule has 67 heavy (non-hydrogen) atoms. The topological polar surface area (TPSA) is 0 Å². The fourth-order valence-corrected chi connectivity index (χ4v) is 12.0. The zero-order chi connectivity index (χ0) is 44.1. The summed E-state index contributed by atoms with van der Waals surface area (Å²) in [7, 11) is 0. The van der Waals surface area contributed by atoms with Gasteiger partial charge in [-0.05, 0) is 156 Å². The highest BCUT2D eigenvalue weighted by atomic mass is 14.5. The van der Waals surface area contributed by atoms with Crippen molar-refractivity contribution in [1.29, 1.82) is 0 Å². The molecule has 0 nitrogen and oxygen atoms in total. The quantitative estimate of drug-likeness (QED) is 0.120. The molecule has 0 bridgehead atoms. The lowest BCUT2D eigenvalue weighted by atomic mass is 9.66. The van der Waals surface area contributed by atoms with E-state index in [0.717, 1.165) is 0 Å². The third-order valence-corrected chi connectivity index (χ3v) is 14.8. The van der Waals surface area contributed by atoms with Crippen molar-refractivity contribution in [2.75, 3.05) is 0 Å². The van der Waals surface area contributed by atoms with Crippen molar-refractivity contribution in [1.82, 2.24) is 0 Å². The van der Waals surface area contributed by atoms with Crippen LogP contribution in [0.2, 0.25) is 0 Å². The Morgan fingerprint density at radius 2 is 0.627 bits per heavy atom. The lowest BCUT2D eigenvalue weighted by Gasteiger charge is -2.35. The third-order valence-electron chi connectivity index (χ3n) is 14.8. The van der Waals surface area contributed by atoms with Gasteiger partial charge in [0.25, 0.3) is 0 Å². The van der Waals surface area contributed by atoms with Gasteiger partial charge in [-0.3, -0.25) is 0 Å². The molecule has 0 aliphatic heterocycles. The van der Waals surface area contributed by atoms with Crippen LogP contribution < -0.4 is 0 Å². The molecule has 0 atom stereocenters. The number of hydrogen-bond donors (Lipinski definition) is 0. The number of rotatable bonds is 5. The fourth-order valence-electron chi connectivity index (χ4n) is 12.0. The highest BCUT2D eigenvalue weighted by Gasteiger charge is 2.48. The second-order valence-electron chi connectivity index (χ2n) is 18.3. The first kappa shape index (κ1) is 37.8. The Morgan fingerprint density at radius 1 is 0.224 bits per heavy atom. The van der Waals surface area contributed by atoms with E-state index in [1.165, 1.54) is 131 Å². The maximum absolute atomic E-state index is 2.54. The van der Waals surface area contributed by atoms with Gasteiger partial charge in [0.05, 0.1) is 5.41 Å². The van der Waals surface area contributed by atoms with Crippen LogP contribution in [0, 0.1) is 0 Å². The Hall–Kier alpha value is -8.58. The Kier molecular flexibility index (Phi) is 8.30. The van der Waals surface area contributed by atoms with Crippen LogP contribution in [0.25, 0.3) is 109 Å². The van der Waals surface area contributed by atoms with Crippen LogP contribution in [0.5, 0.6) is 0 Å². The van der Waals surface area contributed by atoms with Crippen molar-refractivity contribution in [3.63, 3.8) is 0 Å². The molecule has 0 aromatic heterocycles. The van der Waals surface area contributed by atoms with E-state index in [4.69, 9.17) is 0 Å². The highest BCUT2D eigenvalue weighted by molar-refractivity contribution is 6.23. The van der Waals surface area contributed by atoms with E-state index in [1.54, 1.807) is 0 Å². The molecule has 0 heterocycles. The summed E-state index contributed by atoms with van der Waals surface area (Å²) in [5.74, 6) is 0. The molecule has 0 saturated carbocycles. The first-order chi connectivity index (χ1) is 33.2. The molecule has 0 N–H and O–H groups in total. The molecule has 13 aromatic carbocycles. The molecule has 1 aliphatic rings. The number of hydrogen-bond acceptors (Lipinski definition) is 0. The van der Waals surface area contributed by atoms with Crippen LogP contribution in [0.15, 0.2) is 255 Å². The van der Waals surface area contributed by atoms with Crippen molar-refractivity contribution in [2.24, 2.45) is 0 Å². The van der Waals surface area contributed by atoms with Crippen molar-refractivity contribution >= 4 is 64.6 Å². The van der Waals surface area contributed by atoms with E-state index in [9.17, 15) is 0 Å². The SMILES string of the molecule is c1ccc(C2(c3ccccc3)c3cc4cc(-c5c6ccccc6c(-c6ccc(-c7ccc8ccccc8c7)cc6)c6ccccc56)ccc4cc3-c3c2c2ccccc2c2ccccc32)cc1. The summed E-state index contributed by atoms with van der Waals surface area (Å²) in [5.41, 5.74) is 14.7. The highest BCUT2D eigenvalue weighted by Crippen LogP contribution is 2.61. The van der Waals surface area contributed by atoms with E-state index >= 15 is 0 Å². The van der Waals surface area contributed by atoms with Crippen LogP contribution in [0.4, 0.5) is 0 Å². The van der Waals surface area contributed by atoms with E-state index in [2.05, 4.69) is 255 Å². The first-order valence-corrected chi connectivity index (χ1v) is 23.4. The Balaban J connectivity index is 1.00. The summed E-state index contributed by atoms with van der Waals surface area (Å²) >= 11 is 0. The summed E-state index contributed by atoms with van der Waals surface area (Å²) in [6.07, 6.45) is 0. The molecule has 0 fully saturated rings.